The predicted molar refractivity (Wildman–Crippen MR) is 76.6 cm³/mol. The van der Waals surface area contributed by atoms with E-state index in [1.165, 1.54) is 0 Å². The van der Waals surface area contributed by atoms with Crippen molar-refractivity contribution in [2.24, 2.45) is 5.41 Å². The third-order valence-electron chi connectivity index (χ3n) is 4.50. The van der Waals surface area contributed by atoms with Crippen molar-refractivity contribution in [1.82, 2.24) is 15.0 Å². The predicted octanol–water partition coefficient (Wildman–Crippen LogP) is 2.86. The molecule has 112 valence electrons. The number of hydrogen-bond acceptors (Lipinski definition) is 4. The first kappa shape index (κ1) is 15.2. The number of Topliss-reactive ketones (excluding diaryl/α,β-unsaturated/α-hetero) is 1. The van der Waals surface area contributed by atoms with E-state index in [2.05, 4.69) is 31.1 Å². The largest absolute Gasteiger partial charge is 0.370 e. The zero-order valence-corrected chi connectivity index (χ0v) is 13.0. The molecule has 5 heteroatoms. The summed E-state index contributed by atoms with van der Waals surface area (Å²) in [5.41, 5.74) is 0.181. The van der Waals surface area contributed by atoms with Crippen LogP contribution in [0.15, 0.2) is 6.20 Å². The van der Waals surface area contributed by atoms with Crippen molar-refractivity contribution >= 4 is 5.78 Å². The second kappa shape index (κ2) is 5.64. The monoisotopic (exact) mass is 279 g/mol. The molecule has 1 aliphatic rings. The summed E-state index contributed by atoms with van der Waals surface area (Å²) >= 11 is 0. The molecule has 0 atom stereocenters. The number of methoxy groups -OCH3 is 1. The lowest BCUT2D eigenvalue weighted by molar-refractivity contribution is -0.0389. The highest BCUT2D eigenvalue weighted by Crippen LogP contribution is 2.43. The summed E-state index contributed by atoms with van der Waals surface area (Å²) in [5, 5.41) is 7.89. The molecule has 1 fully saturated rings. The Labute approximate surface area is 120 Å². The van der Waals surface area contributed by atoms with Crippen LogP contribution in [0.3, 0.4) is 0 Å². The number of ether oxygens (including phenoxy) is 1. The maximum atomic E-state index is 12.9. The molecular formula is C15H25N3O2. The smallest absolute Gasteiger partial charge is 0.214 e. The van der Waals surface area contributed by atoms with E-state index in [1.54, 1.807) is 18.0 Å². The van der Waals surface area contributed by atoms with Crippen LogP contribution < -0.4 is 0 Å². The Balaban J connectivity index is 2.23. The van der Waals surface area contributed by atoms with Gasteiger partial charge >= 0.3 is 0 Å². The van der Waals surface area contributed by atoms with Gasteiger partial charge in [-0.2, -0.15) is 0 Å². The van der Waals surface area contributed by atoms with E-state index in [0.717, 1.165) is 32.1 Å². The molecule has 20 heavy (non-hydrogen) atoms. The number of aromatic nitrogens is 3. The van der Waals surface area contributed by atoms with Crippen molar-refractivity contribution in [1.29, 1.82) is 0 Å². The van der Waals surface area contributed by atoms with Crippen molar-refractivity contribution in [3.63, 3.8) is 0 Å². The number of hydrogen-bond donors (Lipinski definition) is 0. The lowest BCUT2D eigenvalue weighted by Crippen LogP contribution is -2.46. The van der Waals surface area contributed by atoms with Gasteiger partial charge < -0.3 is 4.74 Å². The topological polar surface area (TPSA) is 57.0 Å². The summed E-state index contributed by atoms with van der Waals surface area (Å²) in [7, 11) is 1.64. The number of carbonyl (C=O) groups is 1. The van der Waals surface area contributed by atoms with Crippen molar-refractivity contribution in [3.8, 4) is 0 Å². The molecule has 0 saturated heterocycles. The minimum atomic E-state index is -0.692. The highest BCUT2D eigenvalue weighted by Gasteiger charge is 2.45. The highest BCUT2D eigenvalue weighted by atomic mass is 16.5. The molecule has 0 amide bonds. The molecule has 2 rings (SSSR count). The van der Waals surface area contributed by atoms with Gasteiger partial charge in [0, 0.05) is 13.7 Å². The van der Waals surface area contributed by atoms with Crippen LogP contribution in [0.25, 0.3) is 0 Å². The second-order valence-corrected chi connectivity index (χ2v) is 6.53. The fourth-order valence-corrected chi connectivity index (χ4v) is 2.90. The van der Waals surface area contributed by atoms with Crippen LogP contribution in [0.4, 0.5) is 0 Å². The van der Waals surface area contributed by atoms with E-state index < -0.39 is 5.60 Å². The van der Waals surface area contributed by atoms with Gasteiger partial charge in [0.05, 0.1) is 6.20 Å². The number of nitrogens with zero attached hydrogens (tertiary/aromatic N) is 3. The summed E-state index contributed by atoms with van der Waals surface area (Å²) in [4.78, 5) is 12.9. The fourth-order valence-electron chi connectivity index (χ4n) is 2.90. The number of carbonyl (C=O) groups excluding carboxylic acids is 1. The minimum absolute atomic E-state index is 0.0361. The summed E-state index contributed by atoms with van der Waals surface area (Å²) in [6, 6.07) is 0. The van der Waals surface area contributed by atoms with Crippen LogP contribution in [0, 0.1) is 5.41 Å². The van der Waals surface area contributed by atoms with E-state index >= 15 is 0 Å². The third-order valence-corrected chi connectivity index (χ3v) is 4.50. The molecule has 0 bridgehead atoms. The van der Waals surface area contributed by atoms with Gasteiger partial charge in [-0.15, -0.1) is 5.10 Å². The van der Waals surface area contributed by atoms with Crippen molar-refractivity contribution in [2.75, 3.05) is 7.11 Å². The Bertz CT molecular complexity index is 469. The van der Waals surface area contributed by atoms with Crippen LogP contribution in [-0.2, 0) is 11.3 Å². The van der Waals surface area contributed by atoms with Crippen LogP contribution in [0.5, 0.6) is 0 Å². The molecule has 0 radical (unpaired) electrons. The maximum absolute atomic E-state index is 12.9. The van der Waals surface area contributed by atoms with E-state index in [0.29, 0.717) is 17.7 Å². The molecule has 0 unspecified atom stereocenters. The van der Waals surface area contributed by atoms with Crippen molar-refractivity contribution in [3.05, 3.63) is 11.9 Å². The first-order valence-electron chi connectivity index (χ1n) is 7.42. The van der Waals surface area contributed by atoms with E-state index in [1.807, 2.05) is 0 Å². The van der Waals surface area contributed by atoms with Gasteiger partial charge in [0.2, 0.25) is 5.78 Å². The zero-order chi connectivity index (χ0) is 14.8. The first-order valence-corrected chi connectivity index (χ1v) is 7.42. The fraction of sp³-hybridized carbons (Fsp3) is 0.800. The van der Waals surface area contributed by atoms with Crippen LogP contribution >= 0.6 is 0 Å². The lowest BCUT2D eigenvalue weighted by atomic mass is 9.69. The SMILES string of the molecule is CCCn1nncc1C(=O)C1(OC)CCC(C)(C)CC1. The van der Waals surface area contributed by atoms with E-state index in [-0.39, 0.29) is 5.78 Å². The summed E-state index contributed by atoms with van der Waals surface area (Å²) in [6.07, 6.45) is 6.04. The van der Waals surface area contributed by atoms with E-state index in [4.69, 9.17) is 4.74 Å². The van der Waals surface area contributed by atoms with Crippen molar-refractivity contribution < 1.29 is 9.53 Å². The number of aryl methyl sites for hydroxylation is 1. The van der Waals surface area contributed by atoms with Crippen LogP contribution in [0.2, 0.25) is 0 Å². The summed E-state index contributed by atoms with van der Waals surface area (Å²) in [6.45, 7) is 7.28. The first-order chi connectivity index (χ1) is 9.44. The third kappa shape index (κ3) is 2.77. The Kier molecular flexibility index (Phi) is 4.28. The lowest BCUT2D eigenvalue weighted by Gasteiger charge is -2.41. The molecule has 5 nitrogen and oxygen atoms in total. The Morgan fingerprint density at radius 1 is 1.35 bits per heavy atom. The number of rotatable bonds is 5. The maximum Gasteiger partial charge on any atom is 0.214 e. The van der Waals surface area contributed by atoms with Gasteiger partial charge in [-0.25, -0.2) is 4.68 Å². The molecule has 1 heterocycles. The molecule has 1 aromatic rings. The molecule has 1 saturated carbocycles. The van der Waals surface area contributed by atoms with Gasteiger partial charge in [-0.05, 0) is 37.5 Å². The molecule has 0 N–H and O–H groups in total. The Morgan fingerprint density at radius 2 is 2.00 bits per heavy atom. The van der Waals surface area contributed by atoms with Gasteiger partial charge in [0.1, 0.15) is 11.3 Å². The highest BCUT2D eigenvalue weighted by molar-refractivity contribution is 6.01. The van der Waals surface area contributed by atoms with Gasteiger partial charge in [0.15, 0.2) is 0 Å². The average molecular weight is 279 g/mol. The molecule has 0 spiro atoms. The molecule has 0 aliphatic heterocycles. The second-order valence-electron chi connectivity index (χ2n) is 6.53. The average Bonchev–Trinajstić information content (AvgIpc) is 2.87. The Morgan fingerprint density at radius 3 is 2.55 bits per heavy atom. The molecule has 1 aliphatic carbocycles. The normalized spacial score (nSPS) is 20.8. The molecular weight excluding hydrogens is 254 g/mol. The summed E-state index contributed by atoms with van der Waals surface area (Å²) < 4.78 is 7.37. The molecule has 0 aromatic carbocycles. The van der Waals surface area contributed by atoms with Gasteiger partial charge in [0.25, 0.3) is 0 Å². The summed E-state index contributed by atoms with van der Waals surface area (Å²) in [5.74, 6) is 0.0361. The number of ketones is 1. The zero-order valence-electron chi connectivity index (χ0n) is 13.0. The van der Waals surface area contributed by atoms with Crippen LogP contribution in [-0.4, -0.2) is 33.5 Å². The minimum Gasteiger partial charge on any atom is -0.370 e. The van der Waals surface area contributed by atoms with Gasteiger partial charge in [-0.3, -0.25) is 4.79 Å². The van der Waals surface area contributed by atoms with E-state index in [9.17, 15) is 4.79 Å². The quantitative estimate of drug-likeness (QED) is 0.778. The molecule has 1 aromatic heterocycles. The van der Waals surface area contributed by atoms with Crippen LogP contribution in [0.1, 0.15) is 63.4 Å². The Hall–Kier alpha value is -1.23. The standard InChI is InChI=1S/C15H25N3O2/c1-5-10-18-12(11-16-17-18)13(19)15(20-4)8-6-14(2,3)7-9-15/h11H,5-10H2,1-4H3. The van der Waals surface area contributed by atoms with Gasteiger partial charge in [-0.1, -0.05) is 26.0 Å². The van der Waals surface area contributed by atoms with Crippen molar-refractivity contribution in [2.45, 2.75) is 65.0 Å².